The van der Waals surface area contributed by atoms with Gasteiger partial charge in [-0.15, -0.1) is 0 Å². The number of nitrogens with one attached hydrogen (secondary N) is 1. The summed E-state index contributed by atoms with van der Waals surface area (Å²) in [5.41, 5.74) is 7.39. The van der Waals surface area contributed by atoms with Crippen molar-refractivity contribution in [2.75, 3.05) is 6.54 Å². The molecular weight excluding hydrogens is 238 g/mol. The summed E-state index contributed by atoms with van der Waals surface area (Å²) in [6, 6.07) is 9.74. The first kappa shape index (κ1) is 11.7. The first-order valence-corrected chi connectivity index (χ1v) is 5.57. The lowest BCUT2D eigenvalue weighted by molar-refractivity contribution is -0.116. The number of nitrogens with zero attached hydrogens (tertiary/aromatic N) is 1. The average molecular weight is 250 g/mol. The predicted molar refractivity (Wildman–Crippen MR) is 67.7 cm³/mol. The molecule has 0 bridgehead atoms. The second-order valence-corrected chi connectivity index (χ2v) is 4.03. The molecule has 1 aliphatic heterocycles. The summed E-state index contributed by atoms with van der Waals surface area (Å²) in [7, 11) is 0. The van der Waals surface area contributed by atoms with Crippen molar-refractivity contribution >= 4 is 22.7 Å². The number of amides is 1. The molecule has 17 heavy (non-hydrogen) atoms. The first-order chi connectivity index (χ1) is 8.18. The topological polar surface area (TPSA) is 67.5 Å². The minimum absolute atomic E-state index is 0.159. The molecule has 1 heterocycles. The van der Waals surface area contributed by atoms with Gasteiger partial charge in [0.2, 0.25) is 0 Å². The minimum atomic E-state index is -0.284. The van der Waals surface area contributed by atoms with Gasteiger partial charge < -0.3 is 11.1 Å². The molecule has 1 amide bonds. The van der Waals surface area contributed by atoms with Crippen LogP contribution in [0.3, 0.4) is 0 Å². The number of halogens is 1. The van der Waals surface area contributed by atoms with Gasteiger partial charge in [-0.3, -0.25) is 9.79 Å². The largest absolute Gasteiger partial charge is 0.394 e. The monoisotopic (exact) mass is 249 g/mol. The van der Waals surface area contributed by atoms with E-state index in [1.54, 1.807) is 0 Å². The number of benzene rings is 1. The summed E-state index contributed by atoms with van der Waals surface area (Å²) >= 11 is 6.02. The third-order valence-electron chi connectivity index (χ3n) is 2.49. The van der Waals surface area contributed by atoms with Crippen molar-refractivity contribution in [3.05, 3.63) is 47.2 Å². The summed E-state index contributed by atoms with van der Waals surface area (Å²) < 4.78 is 0. The number of carbonyl (C=O) groups excluding carboxylic acids is 1. The van der Waals surface area contributed by atoms with E-state index in [9.17, 15) is 4.79 Å². The highest BCUT2D eigenvalue weighted by Crippen LogP contribution is 2.12. The van der Waals surface area contributed by atoms with Crippen molar-refractivity contribution in [2.24, 2.45) is 10.7 Å². The van der Waals surface area contributed by atoms with Crippen LogP contribution in [0.2, 0.25) is 0 Å². The maximum absolute atomic E-state index is 11.2. The van der Waals surface area contributed by atoms with Gasteiger partial charge in [-0.1, -0.05) is 41.9 Å². The summed E-state index contributed by atoms with van der Waals surface area (Å²) in [5, 5.41) is 2.89. The Morgan fingerprint density at radius 2 is 2.12 bits per heavy atom. The fourth-order valence-electron chi connectivity index (χ4n) is 1.52. The van der Waals surface area contributed by atoms with Crippen LogP contribution in [0.1, 0.15) is 5.56 Å². The molecule has 0 aliphatic carbocycles. The highest BCUT2D eigenvalue weighted by atomic mass is 35.5. The first-order valence-electron chi connectivity index (χ1n) is 5.19. The maximum Gasteiger partial charge on any atom is 0.267 e. The van der Waals surface area contributed by atoms with E-state index in [4.69, 9.17) is 17.3 Å². The van der Waals surface area contributed by atoms with Crippen LogP contribution in [0, 0.1) is 0 Å². The van der Waals surface area contributed by atoms with Crippen LogP contribution in [-0.4, -0.2) is 17.6 Å². The Bertz CT molecular complexity index is 494. The van der Waals surface area contributed by atoms with E-state index >= 15 is 0 Å². The lowest BCUT2D eigenvalue weighted by Crippen LogP contribution is -2.20. The fraction of sp³-hybridized carbons (Fsp3) is 0.167. The van der Waals surface area contributed by atoms with Gasteiger partial charge in [-0.2, -0.15) is 0 Å². The molecule has 0 fully saturated rings. The van der Waals surface area contributed by atoms with Gasteiger partial charge in [0.25, 0.3) is 5.91 Å². The Labute approximate surface area is 104 Å². The van der Waals surface area contributed by atoms with Gasteiger partial charge in [0.15, 0.2) is 0 Å². The van der Waals surface area contributed by atoms with Crippen molar-refractivity contribution in [1.29, 1.82) is 0 Å². The van der Waals surface area contributed by atoms with Crippen molar-refractivity contribution in [2.45, 2.75) is 6.54 Å². The zero-order chi connectivity index (χ0) is 12.3. The van der Waals surface area contributed by atoms with E-state index in [-0.39, 0.29) is 11.6 Å². The van der Waals surface area contributed by atoms with E-state index < -0.39 is 0 Å². The molecule has 1 aliphatic rings. The van der Waals surface area contributed by atoms with Gasteiger partial charge in [0, 0.05) is 12.1 Å². The zero-order valence-corrected chi connectivity index (χ0v) is 9.87. The number of nitrogens with two attached hydrogens (primary N) is 1. The number of hydrogen-bond acceptors (Lipinski definition) is 3. The van der Waals surface area contributed by atoms with Crippen LogP contribution in [0.4, 0.5) is 0 Å². The van der Waals surface area contributed by atoms with E-state index in [1.807, 2.05) is 30.3 Å². The lowest BCUT2D eigenvalue weighted by atomic mass is 10.2. The number of aliphatic imine (C=N–C) groups is 1. The maximum atomic E-state index is 11.2. The minimum Gasteiger partial charge on any atom is -0.394 e. The number of carbonyl (C=O) groups is 1. The van der Waals surface area contributed by atoms with Crippen LogP contribution in [0.5, 0.6) is 0 Å². The smallest absolute Gasteiger partial charge is 0.267 e. The average Bonchev–Trinajstić information content (AvgIpc) is 2.69. The summed E-state index contributed by atoms with van der Waals surface area (Å²) in [4.78, 5) is 15.4. The lowest BCUT2D eigenvalue weighted by Gasteiger charge is -2.00. The number of hydrogen-bond donors (Lipinski definition) is 2. The molecule has 0 atom stereocenters. The molecule has 88 valence electrons. The molecule has 0 saturated carbocycles. The Morgan fingerprint density at radius 3 is 2.71 bits per heavy atom. The van der Waals surface area contributed by atoms with Crippen LogP contribution >= 0.6 is 11.6 Å². The normalized spacial score (nSPS) is 16.3. The van der Waals surface area contributed by atoms with E-state index in [0.29, 0.717) is 23.8 Å². The molecule has 3 N–H and O–H groups in total. The molecule has 0 aromatic heterocycles. The molecule has 4 nitrogen and oxygen atoms in total. The SMILES string of the molecule is NC1=C(C(Cl)=NCc2ccccc2)CNC1=O. The van der Waals surface area contributed by atoms with Gasteiger partial charge in [-0.05, 0) is 5.56 Å². The molecule has 5 heteroatoms. The highest BCUT2D eigenvalue weighted by Gasteiger charge is 2.22. The van der Waals surface area contributed by atoms with E-state index in [2.05, 4.69) is 10.3 Å². The standard InChI is InChI=1S/C12H12ClN3O/c13-11(9-7-16-12(17)10(9)14)15-6-8-4-2-1-3-5-8/h1-5H,6-7,14H2,(H,16,17). The molecular formula is C12H12ClN3O. The Balaban J connectivity index is 2.11. The molecule has 0 unspecified atom stereocenters. The van der Waals surface area contributed by atoms with Crippen molar-refractivity contribution in [3.63, 3.8) is 0 Å². The third-order valence-corrected chi connectivity index (χ3v) is 2.84. The van der Waals surface area contributed by atoms with Gasteiger partial charge >= 0.3 is 0 Å². The van der Waals surface area contributed by atoms with Crippen molar-refractivity contribution in [1.82, 2.24) is 5.32 Å². The second kappa shape index (κ2) is 5.01. The molecule has 2 rings (SSSR count). The Kier molecular flexibility index (Phi) is 3.44. The highest BCUT2D eigenvalue weighted by molar-refractivity contribution is 6.70. The van der Waals surface area contributed by atoms with Crippen LogP contribution in [0.25, 0.3) is 0 Å². The van der Waals surface area contributed by atoms with Gasteiger partial charge in [0.05, 0.1) is 6.54 Å². The predicted octanol–water partition coefficient (Wildman–Crippen LogP) is 1.17. The fourth-order valence-corrected chi connectivity index (χ4v) is 1.75. The quantitative estimate of drug-likeness (QED) is 0.790. The summed E-state index contributed by atoms with van der Waals surface area (Å²) in [6.07, 6.45) is 0. The van der Waals surface area contributed by atoms with Gasteiger partial charge in [-0.25, -0.2) is 0 Å². The summed E-state index contributed by atoms with van der Waals surface area (Å²) in [5.74, 6) is -0.284. The van der Waals surface area contributed by atoms with Gasteiger partial charge in [0.1, 0.15) is 10.9 Å². The Hall–Kier alpha value is -1.81. The van der Waals surface area contributed by atoms with Crippen LogP contribution in [0.15, 0.2) is 46.6 Å². The third kappa shape index (κ3) is 2.65. The van der Waals surface area contributed by atoms with Crippen LogP contribution < -0.4 is 11.1 Å². The van der Waals surface area contributed by atoms with Crippen LogP contribution in [-0.2, 0) is 11.3 Å². The van der Waals surface area contributed by atoms with E-state index in [0.717, 1.165) is 5.56 Å². The molecule has 0 saturated heterocycles. The summed E-state index contributed by atoms with van der Waals surface area (Å²) in [6.45, 7) is 0.826. The molecule has 0 radical (unpaired) electrons. The Morgan fingerprint density at radius 1 is 1.41 bits per heavy atom. The molecule has 1 aromatic carbocycles. The molecule has 0 spiro atoms. The van der Waals surface area contributed by atoms with E-state index in [1.165, 1.54) is 0 Å². The van der Waals surface area contributed by atoms with Crippen molar-refractivity contribution in [3.8, 4) is 0 Å². The number of rotatable bonds is 3. The zero-order valence-electron chi connectivity index (χ0n) is 9.11. The second-order valence-electron chi connectivity index (χ2n) is 3.67. The van der Waals surface area contributed by atoms with Crippen molar-refractivity contribution < 1.29 is 4.79 Å². The molecule has 1 aromatic rings.